The van der Waals surface area contributed by atoms with Crippen molar-refractivity contribution in [2.75, 3.05) is 13.2 Å². The van der Waals surface area contributed by atoms with Crippen LogP contribution in [0.2, 0.25) is 0 Å². The van der Waals surface area contributed by atoms with Crippen LogP contribution in [0.15, 0.2) is 122 Å². The molecule has 6 nitrogen and oxygen atoms in total. The van der Waals surface area contributed by atoms with Gasteiger partial charge in [-0.2, -0.15) is 0 Å². The number of rotatable bonds is 63. The van der Waals surface area contributed by atoms with Gasteiger partial charge in [0.1, 0.15) is 13.2 Å². The molecule has 474 valence electrons. The Morgan fingerprint density at radius 3 is 0.783 bits per heavy atom. The summed E-state index contributed by atoms with van der Waals surface area (Å²) in [4.78, 5) is 38.5. The van der Waals surface area contributed by atoms with Gasteiger partial charge < -0.3 is 14.2 Å². The fourth-order valence-electron chi connectivity index (χ4n) is 9.74. The zero-order valence-corrected chi connectivity index (χ0v) is 54.4. The van der Waals surface area contributed by atoms with E-state index in [0.29, 0.717) is 19.3 Å². The topological polar surface area (TPSA) is 78.9 Å². The second-order valence-corrected chi connectivity index (χ2v) is 23.1. The third-order valence-electron chi connectivity index (χ3n) is 15.0. The summed E-state index contributed by atoms with van der Waals surface area (Å²) in [7, 11) is 0. The Kier molecular flexibility index (Phi) is 66.7. The van der Waals surface area contributed by atoms with E-state index in [4.69, 9.17) is 14.2 Å². The molecule has 0 aromatic heterocycles. The first-order valence-corrected chi connectivity index (χ1v) is 35.0. The number of allylic oxidation sites excluding steroid dienone is 20. The lowest BCUT2D eigenvalue weighted by molar-refractivity contribution is -0.167. The van der Waals surface area contributed by atoms with Crippen LogP contribution in [0.4, 0.5) is 0 Å². The van der Waals surface area contributed by atoms with E-state index in [1.165, 1.54) is 167 Å². The highest BCUT2D eigenvalue weighted by Crippen LogP contribution is 2.17. The van der Waals surface area contributed by atoms with Crippen LogP contribution >= 0.6 is 0 Å². The van der Waals surface area contributed by atoms with Crippen LogP contribution in [0.25, 0.3) is 0 Å². The molecule has 1 atom stereocenters. The molecule has 6 heteroatoms. The van der Waals surface area contributed by atoms with Gasteiger partial charge >= 0.3 is 17.9 Å². The SMILES string of the molecule is CC/C=C\C/C=C\C/C=C\C/C=C\C/C=C\C/C=C\C/C=C\CCCC(=O)OCC(COC(=O)CCCCCCCCCCCCCCCCCCCCCCC)OC(=O)CCCCCCCC/C=C\C/C=C\C/C=C\CCCCCCC. The Labute approximate surface area is 513 Å². The molecule has 0 heterocycles. The Morgan fingerprint density at radius 2 is 0.482 bits per heavy atom. The molecule has 83 heavy (non-hydrogen) atoms. The van der Waals surface area contributed by atoms with E-state index in [1.54, 1.807) is 0 Å². The second kappa shape index (κ2) is 70.3. The van der Waals surface area contributed by atoms with E-state index >= 15 is 0 Å². The molecule has 0 aromatic carbocycles. The molecule has 0 saturated heterocycles. The third-order valence-corrected chi connectivity index (χ3v) is 15.0. The quantitative estimate of drug-likeness (QED) is 0.0261. The molecule has 0 aliphatic rings. The minimum absolute atomic E-state index is 0.101. The predicted octanol–water partition coefficient (Wildman–Crippen LogP) is 24.3. The molecule has 0 bridgehead atoms. The first kappa shape index (κ1) is 78.8. The fraction of sp³-hybridized carbons (Fsp3) is 0.701. The molecule has 0 radical (unpaired) electrons. The molecule has 0 aromatic rings. The molecular formula is C77H130O6. The highest BCUT2D eigenvalue weighted by atomic mass is 16.6. The maximum absolute atomic E-state index is 13.0. The van der Waals surface area contributed by atoms with Crippen molar-refractivity contribution in [3.05, 3.63) is 122 Å². The highest BCUT2D eigenvalue weighted by Gasteiger charge is 2.19. The number of hydrogen-bond donors (Lipinski definition) is 0. The molecule has 0 aliphatic heterocycles. The van der Waals surface area contributed by atoms with Gasteiger partial charge in [0.05, 0.1) is 0 Å². The Morgan fingerprint density at radius 1 is 0.253 bits per heavy atom. The van der Waals surface area contributed by atoms with E-state index in [2.05, 4.69) is 142 Å². The largest absolute Gasteiger partial charge is 0.462 e. The number of carbonyl (C=O) groups excluding carboxylic acids is 3. The van der Waals surface area contributed by atoms with Crippen LogP contribution < -0.4 is 0 Å². The summed E-state index contributed by atoms with van der Waals surface area (Å²) in [5.74, 6) is -0.964. The van der Waals surface area contributed by atoms with Crippen LogP contribution in [0.5, 0.6) is 0 Å². The van der Waals surface area contributed by atoms with Crippen molar-refractivity contribution in [1.82, 2.24) is 0 Å². The van der Waals surface area contributed by atoms with Crippen molar-refractivity contribution in [2.45, 2.75) is 335 Å². The Hall–Kier alpha value is -4.19. The fourth-order valence-corrected chi connectivity index (χ4v) is 9.74. The number of esters is 3. The smallest absolute Gasteiger partial charge is 0.306 e. The van der Waals surface area contributed by atoms with Crippen LogP contribution in [0.3, 0.4) is 0 Å². The van der Waals surface area contributed by atoms with E-state index in [0.717, 1.165) is 116 Å². The van der Waals surface area contributed by atoms with Gasteiger partial charge in [0.25, 0.3) is 0 Å². The Bertz CT molecular complexity index is 1700. The van der Waals surface area contributed by atoms with Crippen molar-refractivity contribution in [1.29, 1.82) is 0 Å². The average molecular weight is 1150 g/mol. The summed E-state index contributed by atoms with van der Waals surface area (Å²) in [6, 6.07) is 0. The van der Waals surface area contributed by atoms with Gasteiger partial charge in [-0.3, -0.25) is 14.4 Å². The number of hydrogen-bond acceptors (Lipinski definition) is 6. The van der Waals surface area contributed by atoms with Gasteiger partial charge in [-0.15, -0.1) is 0 Å². The molecule has 0 spiro atoms. The lowest BCUT2D eigenvalue weighted by atomic mass is 10.0. The van der Waals surface area contributed by atoms with Crippen LogP contribution in [-0.2, 0) is 28.6 Å². The van der Waals surface area contributed by atoms with E-state index in [9.17, 15) is 14.4 Å². The van der Waals surface area contributed by atoms with Crippen molar-refractivity contribution >= 4 is 17.9 Å². The number of carbonyl (C=O) groups is 3. The Balaban J connectivity index is 4.50. The molecule has 0 amide bonds. The summed E-state index contributed by atoms with van der Waals surface area (Å²) in [5.41, 5.74) is 0. The lowest BCUT2D eigenvalue weighted by Crippen LogP contribution is -2.30. The monoisotopic (exact) mass is 1150 g/mol. The predicted molar refractivity (Wildman–Crippen MR) is 362 cm³/mol. The lowest BCUT2D eigenvalue weighted by Gasteiger charge is -2.18. The van der Waals surface area contributed by atoms with Gasteiger partial charge in [-0.25, -0.2) is 0 Å². The van der Waals surface area contributed by atoms with E-state index in [1.807, 2.05) is 0 Å². The zero-order valence-electron chi connectivity index (χ0n) is 54.4. The van der Waals surface area contributed by atoms with Crippen LogP contribution in [-0.4, -0.2) is 37.2 Å². The second-order valence-electron chi connectivity index (χ2n) is 23.1. The van der Waals surface area contributed by atoms with E-state index in [-0.39, 0.29) is 37.5 Å². The van der Waals surface area contributed by atoms with Crippen molar-refractivity contribution in [2.24, 2.45) is 0 Å². The molecule has 0 rings (SSSR count). The third kappa shape index (κ3) is 68.5. The zero-order chi connectivity index (χ0) is 59.9. The minimum atomic E-state index is -0.813. The van der Waals surface area contributed by atoms with Gasteiger partial charge in [0.2, 0.25) is 0 Å². The van der Waals surface area contributed by atoms with Crippen molar-refractivity contribution < 1.29 is 28.6 Å². The van der Waals surface area contributed by atoms with Gasteiger partial charge in [0.15, 0.2) is 6.10 Å². The molecular weight excluding hydrogens is 1020 g/mol. The van der Waals surface area contributed by atoms with Crippen molar-refractivity contribution in [3.63, 3.8) is 0 Å². The highest BCUT2D eigenvalue weighted by molar-refractivity contribution is 5.71. The summed E-state index contributed by atoms with van der Waals surface area (Å²) < 4.78 is 16.9. The van der Waals surface area contributed by atoms with Gasteiger partial charge in [-0.1, -0.05) is 322 Å². The molecule has 0 N–H and O–H groups in total. The molecule has 0 aliphatic carbocycles. The van der Waals surface area contributed by atoms with E-state index < -0.39 is 6.10 Å². The minimum Gasteiger partial charge on any atom is -0.462 e. The summed E-state index contributed by atoms with van der Waals surface area (Å²) >= 11 is 0. The number of ether oxygens (including phenoxy) is 3. The first-order valence-electron chi connectivity index (χ1n) is 35.0. The van der Waals surface area contributed by atoms with Crippen LogP contribution in [0, 0.1) is 0 Å². The standard InChI is InChI=1S/C77H130O6/c1-4-7-10-13-16-19-22-25-28-31-34-37-38-41-43-46-49-52-55-58-61-64-67-70-76(79)82-73-74(83-77(80)71-68-65-62-59-56-53-50-47-44-40-36-33-30-27-24-21-18-15-12-9-6-3)72-81-75(78)69-66-63-60-57-54-51-48-45-42-39-35-32-29-26-23-20-17-14-11-8-5-2/h7,10,16,19,24-25,27-28,33-34,36-37,41,43-44,47,49,52,58,61,74H,4-6,8-9,11-15,17-18,20-23,26,29-32,35,38-40,42,45-46,48,50-51,53-57,59-60,62-73H2,1-3H3/b10-7-,19-16-,27-24-,28-25-,36-33-,37-34-,43-41-,47-44-,52-49-,61-58-. The first-order chi connectivity index (χ1) is 41.0. The van der Waals surface area contributed by atoms with Gasteiger partial charge in [-0.05, 0) is 109 Å². The maximum atomic E-state index is 13.0. The van der Waals surface area contributed by atoms with Gasteiger partial charge in [0, 0.05) is 19.3 Å². The summed E-state index contributed by atoms with van der Waals surface area (Å²) in [6.07, 6.45) is 97.9. The number of unbranched alkanes of at least 4 members (excludes halogenated alkanes) is 32. The maximum Gasteiger partial charge on any atom is 0.306 e. The van der Waals surface area contributed by atoms with Crippen molar-refractivity contribution in [3.8, 4) is 0 Å². The average Bonchev–Trinajstić information content (AvgIpc) is 3.49. The normalized spacial score (nSPS) is 12.9. The molecule has 0 fully saturated rings. The summed E-state index contributed by atoms with van der Waals surface area (Å²) in [6.45, 7) is 6.50. The molecule has 0 saturated carbocycles. The van der Waals surface area contributed by atoms with Crippen LogP contribution in [0.1, 0.15) is 329 Å². The molecule has 1 unspecified atom stereocenters. The summed E-state index contributed by atoms with van der Waals surface area (Å²) in [5, 5.41) is 0.